The molecule has 5 nitrogen and oxygen atoms in total. The molecule has 1 aromatic heterocycles. The molecule has 1 heterocycles. The number of aliphatic hydroxyl groups excluding tert-OH is 1. The molecule has 0 radical (unpaired) electrons. The number of aliphatic hydroxyl groups is 1. The lowest BCUT2D eigenvalue weighted by molar-refractivity contribution is 0.0945. The lowest BCUT2D eigenvalue weighted by Gasteiger charge is -2.15. The molecule has 0 saturated carbocycles. The maximum absolute atomic E-state index is 10.5. The Balaban J connectivity index is 1.51. The summed E-state index contributed by atoms with van der Waals surface area (Å²) in [6.45, 7) is 0.636. The van der Waals surface area contributed by atoms with Crippen LogP contribution < -0.4 is 4.74 Å². The monoisotopic (exact) mass is 360 g/mol. The fourth-order valence-corrected chi connectivity index (χ4v) is 3.37. The van der Waals surface area contributed by atoms with Gasteiger partial charge in [0.25, 0.3) is 0 Å². The van der Waals surface area contributed by atoms with E-state index in [0.717, 1.165) is 16.6 Å². The van der Waals surface area contributed by atoms with Crippen molar-refractivity contribution in [2.75, 3.05) is 6.61 Å². The molecule has 0 unspecified atom stereocenters. The molecule has 1 atom stereocenters. The van der Waals surface area contributed by atoms with Gasteiger partial charge in [-0.3, -0.25) is 0 Å². The van der Waals surface area contributed by atoms with Crippen molar-refractivity contribution in [1.82, 2.24) is 4.57 Å². The molecule has 4 aromatic rings. The molecule has 0 aliphatic carbocycles. The standard InChI is InChI=1S/C22H20N2O3/c25-17(15-27-18-11-9-16(10-12-18)13-23-26)14-24-21-7-3-1-5-19(21)20-6-2-4-8-22(20)24/h1-13,17,25-26H,14-15H2/b23-13+/t17-/m0/s1. The zero-order valence-corrected chi connectivity index (χ0v) is 14.7. The first-order valence-electron chi connectivity index (χ1n) is 8.80. The van der Waals surface area contributed by atoms with E-state index in [1.807, 2.05) is 24.3 Å². The van der Waals surface area contributed by atoms with Crippen molar-refractivity contribution in [3.63, 3.8) is 0 Å². The molecular weight excluding hydrogens is 340 g/mol. The third kappa shape index (κ3) is 3.50. The highest BCUT2D eigenvalue weighted by Crippen LogP contribution is 2.28. The van der Waals surface area contributed by atoms with E-state index < -0.39 is 6.10 Å². The van der Waals surface area contributed by atoms with Crippen molar-refractivity contribution >= 4 is 28.0 Å². The number of rotatable bonds is 6. The molecule has 27 heavy (non-hydrogen) atoms. The smallest absolute Gasteiger partial charge is 0.119 e. The first-order valence-corrected chi connectivity index (χ1v) is 8.80. The number of benzene rings is 3. The number of hydrogen-bond acceptors (Lipinski definition) is 4. The number of oxime groups is 1. The van der Waals surface area contributed by atoms with Crippen molar-refractivity contribution in [2.45, 2.75) is 12.6 Å². The van der Waals surface area contributed by atoms with E-state index in [2.05, 4.69) is 34.0 Å². The topological polar surface area (TPSA) is 67.0 Å². The Morgan fingerprint density at radius 3 is 2.07 bits per heavy atom. The fraction of sp³-hybridized carbons (Fsp3) is 0.136. The van der Waals surface area contributed by atoms with Crippen molar-refractivity contribution in [1.29, 1.82) is 0 Å². The van der Waals surface area contributed by atoms with Gasteiger partial charge >= 0.3 is 0 Å². The second-order valence-corrected chi connectivity index (χ2v) is 6.42. The molecule has 3 aromatic carbocycles. The van der Waals surface area contributed by atoms with Crippen LogP contribution in [0, 0.1) is 0 Å². The Hall–Kier alpha value is -3.31. The van der Waals surface area contributed by atoms with Gasteiger partial charge in [-0.2, -0.15) is 0 Å². The highest BCUT2D eigenvalue weighted by Gasteiger charge is 2.13. The summed E-state index contributed by atoms with van der Waals surface area (Å²) in [6, 6.07) is 23.6. The molecule has 0 saturated heterocycles. The minimum absolute atomic E-state index is 0.189. The van der Waals surface area contributed by atoms with Crippen LogP contribution in [-0.4, -0.2) is 33.8 Å². The number of nitrogens with zero attached hydrogens (tertiary/aromatic N) is 2. The first kappa shape index (κ1) is 17.1. The van der Waals surface area contributed by atoms with Crippen LogP contribution in [0.4, 0.5) is 0 Å². The van der Waals surface area contributed by atoms with Gasteiger partial charge in [-0.15, -0.1) is 0 Å². The van der Waals surface area contributed by atoms with Crippen LogP contribution in [0.25, 0.3) is 21.8 Å². The molecule has 5 heteroatoms. The molecule has 4 rings (SSSR count). The van der Waals surface area contributed by atoms with Gasteiger partial charge in [0.2, 0.25) is 0 Å². The summed E-state index contributed by atoms with van der Waals surface area (Å²) in [4.78, 5) is 0. The molecule has 0 amide bonds. The molecule has 136 valence electrons. The summed E-state index contributed by atoms with van der Waals surface area (Å²) in [7, 11) is 0. The first-order chi connectivity index (χ1) is 13.3. The van der Waals surface area contributed by atoms with Gasteiger partial charge in [-0.25, -0.2) is 0 Å². The van der Waals surface area contributed by atoms with Crippen LogP contribution in [0.5, 0.6) is 5.75 Å². The van der Waals surface area contributed by atoms with Gasteiger partial charge < -0.3 is 19.6 Å². The second-order valence-electron chi connectivity index (χ2n) is 6.42. The predicted octanol–water partition coefficient (Wildman–Crippen LogP) is 4.04. The summed E-state index contributed by atoms with van der Waals surface area (Å²) in [5, 5.41) is 24.4. The Morgan fingerprint density at radius 2 is 1.48 bits per heavy atom. The van der Waals surface area contributed by atoms with Gasteiger partial charge in [0.15, 0.2) is 0 Å². The van der Waals surface area contributed by atoms with Gasteiger partial charge in [0.1, 0.15) is 18.5 Å². The maximum Gasteiger partial charge on any atom is 0.119 e. The Kier molecular flexibility index (Phi) is 4.77. The molecule has 0 bridgehead atoms. The Labute approximate surface area is 156 Å². The van der Waals surface area contributed by atoms with E-state index in [1.165, 1.54) is 17.0 Å². The highest BCUT2D eigenvalue weighted by molar-refractivity contribution is 6.07. The second kappa shape index (κ2) is 7.51. The van der Waals surface area contributed by atoms with Crippen LogP contribution in [-0.2, 0) is 6.54 Å². The normalized spacial score (nSPS) is 12.8. The van der Waals surface area contributed by atoms with Crippen LogP contribution in [0.15, 0.2) is 78.0 Å². The quantitative estimate of drug-likeness (QED) is 0.310. The zero-order valence-electron chi connectivity index (χ0n) is 14.7. The molecule has 2 N–H and O–H groups in total. The van der Waals surface area contributed by atoms with Crippen LogP contribution in [0.3, 0.4) is 0 Å². The number of hydrogen-bond donors (Lipinski definition) is 2. The van der Waals surface area contributed by atoms with Gasteiger partial charge in [0.05, 0.1) is 12.8 Å². The molecule has 0 aliphatic rings. The van der Waals surface area contributed by atoms with E-state index in [9.17, 15) is 5.11 Å². The van der Waals surface area contributed by atoms with Crippen LogP contribution in [0.2, 0.25) is 0 Å². The van der Waals surface area contributed by atoms with Crippen molar-refractivity contribution < 1.29 is 15.1 Å². The van der Waals surface area contributed by atoms with Gasteiger partial charge in [-0.05, 0) is 42.0 Å². The number of aromatic nitrogens is 1. The fourth-order valence-electron chi connectivity index (χ4n) is 3.37. The number of para-hydroxylation sites is 2. The number of fused-ring (bicyclic) bond motifs is 3. The van der Waals surface area contributed by atoms with Gasteiger partial charge in [-0.1, -0.05) is 41.6 Å². The third-order valence-electron chi connectivity index (χ3n) is 4.60. The average Bonchev–Trinajstić information content (AvgIpc) is 3.02. The average molecular weight is 360 g/mol. The largest absolute Gasteiger partial charge is 0.491 e. The van der Waals surface area contributed by atoms with Crippen LogP contribution >= 0.6 is 0 Å². The van der Waals surface area contributed by atoms with E-state index >= 15 is 0 Å². The van der Waals surface area contributed by atoms with E-state index in [0.29, 0.717) is 12.3 Å². The minimum atomic E-state index is -0.650. The summed E-state index contributed by atoms with van der Waals surface area (Å²) in [5.74, 6) is 0.659. The molecule has 0 fully saturated rings. The molecule has 0 aliphatic heterocycles. The summed E-state index contributed by atoms with van der Waals surface area (Å²) >= 11 is 0. The summed E-state index contributed by atoms with van der Waals surface area (Å²) < 4.78 is 7.84. The Morgan fingerprint density at radius 1 is 0.889 bits per heavy atom. The predicted molar refractivity (Wildman–Crippen MR) is 107 cm³/mol. The lowest BCUT2D eigenvalue weighted by Crippen LogP contribution is -2.23. The summed E-state index contributed by atoms with van der Waals surface area (Å²) in [5.41, 5.74) is 2.98. The maximum atomic E-state index is 10.5. The SMILES string of the molecule is O/N=C/c1ccc(OC[C@@H](O)Cn2c3ccccc3c3ccccc32)cc1. The minimum Gasteiger partial charge on any atom is -0.491 e. The lowest BCUT2D eigenvalue weighted by atomic mass is 10.2. The molecule has 0 spiro atoms. The third-order valence-corrected chi connectivity index (χ3v) is 4.60. The van der Waals surface area contributed by atoms with Crippen LogP contribution in [0.1, 0.15) is 5.56 Å². The van der Waals surface area contributed by atoms with Crippen molar-refractivity contribution in [3.05, 3.63) is 78.4 Å². The van der Waals surface area contributed by atoms with E-state index in [4.69, 9.17) is 9.94 Å². The van der Waals surface area contributed by atoms with E-state index in [-0.39, 0.29) is 6.61 Å². The van der Waals surface area contributed by atoms with Gasteiger partial charge in [0, 0.05) is 21.8 Å². The van der Waals surface area contributed by atoms with E-state index in [1.54, 1.807) is 24.3 Å². The summed E-state index contributed by atoms with van der Waals surface area (Å²) in [6.07, 6.45) is 0.698. The zero-order chi connectivity index (χ0) is 18.6. The molecular formula is C22H20N2O3. The number of ether oxygens (including phenoxy) is 1. The Bertz CT molecular complexity index is 1030. The highest BCUT2D eigenvalue weighted by atomic mass is 16.5. The van der Waals surface area contributed by atoms with Crippen molar-refractivity contribution in [3.8, 4) is 5.75 Å². The van der Waals surface area contributed by atoms with Crippen molar-refractivity contribution in [2.24, 2.45) is 5.16 Å².